The van der Waals surface area contributed by atoms with E-state index in [1.54, 1.807) is 16.7 Å². The molecule has 34 heavy (non-hydrogen) atoms. The minimum atomic E-state index is -0.792. The van der Waals surface area contributed by atoms with Gasteiger partial charge >= 0.3 is 5.97 Å². The molecule has 0 radical (unpaired) electrons. The summed E-state index contributed by atoms with van der Waals surface area (Å²) in [7, 11) is 0. The molecule has 1 unspecified atom stereocenters. The minimum absolute atomic E-state index is 0.000692. The number of hydrogen-bond donors (Lipinski definition) is 1. The molecular formula is C26H36N2O5S. The van der Waals surface area contributed by atoms with Gasteiger partial charge in [0.25, 0.3) is 0 Å². The van der Waals surface area contributed by atoms with E-state index < -0.39 is 22.6 Å². The summed E-state index contributed by atoms with van der Waals surface area (Å²) in [6.45, 7) is 1.19. The first-order valence-corrected chi connectivity index (χ1v) is 13.9. The monoisotopic (exact) mass is 488 g/mol. The van der Waals surface area contributed by atoms with E-state index in [2.05, 4.69) is 24.3 Å². The molecule has 4 aliphatic heterocycles. The molecule has 1 aliphatic carbocycles. The lowest BCUT2D eigenvalue weighted by Gasteiger charge is -2.39. The molecule has 4 heterocycles. The number of allylic oxidation sites excluding steroid dienone is 1. The summed E-state index contributed by atoms with van der Waals surface area (Å²) in [5, 5.41) is 9.31. The molecule has 8 heteroatoms. The second-order valence-electron chi connectivity index (χ2n) is 10.2. The Bertz CT molecular complexity index is 869. The predicted molar refractivity (Wildman–Crippen MR) is 130 cm³/mol. The van der Waals surface area contributed by atoms with Crippen LogP contribution in [0.1, 0.15) is 57.8 Å². The van der Waals surface area contributed by atoms with Crippen molar-refractivity contribution in [1.82, 2.24) is 9.80 Å². The fourth-order valence-corrected chi connectivity index (χ4v) is 8.64. The molecule has 7 nitrogen and oxygen atoms in total. The van der Waals surface area contributed by atoms with Crippen LogP contribution in [-0.4, -0.2) is 81.1 Å². The summed E-state index contributed by atoms with van der Waals surface area (Å²) < 4.78 is 4.85. The third kappa shape index (κ3) is 4.00. The number of rotatable bonds is 4. The lowest BCUT2D eigenvalue weighted by Crippen LogP contribution is -2.55. The van der Waals surface area contributed by atoms with Gasteiger partial charge in [-0.2, -0.15) is 0 Å². The number of likely N-dealkylation sites (tertiary alicyclic amines) is 1. The van der Waals surface area contributed by atoms with Gasteiger partial charge in [-0.1, -0.05) is 43.6 Å². The molecule has 3 fully saturated rings. The SMILES string of the molecule is O=C1OCCCC/C=C\[C@H]2S[C@]34C=CCN(C5CCCCC5)C(=O)C3N(CCCO)C(=O)[C@@H]4[C@@H]12. The van der Waals surface area contributed by atoms with Crippen LogP contribution in [0.2, 0.25) is 0 Å². The van der Waals surface area contributed by atoms with Crippen LogP contribution >= 0.6 is 11.8 Å². The molecule has 0 aromatic rings. The van der Waals surface area contributed by atoms with E-state index in [0.717, 1.165) is 44.9 Å². The zero-order chi connectivity index (χ0) is 23.7. The summed E-state index contributed by atoms with van der Waals surface area (Å²) in [5.74, 6) is -1.71. The molecule has 0 aromatic carbocycles. The molecular weight excluding hydrogens is 452 g/mol. The Morgan fingerprint density at radius 2 is 1.88 bits per heavy atom. The highest BCUT2D eigenvalue weighted by Gasteiger charge is 2.71. The number of aliphatic hydroxyl groups is 1. The van der Waals surface area contributed by atoms with Crippen molar-refractivity contribution >= 4 is 29.5 Å². The Kier molecular flexibility index (Phi) is 7.07. The van der Waals surface area contributed by atoms with E-state index in [1.165, 1.54) is 6.42 Å². The van der Waals surface area contributed by atoms with Crippen LogP contribution in [0, 0.1) is 11.8 Å². The van der Waals surface area contributed by atoms with Crippen LogP contribution in [0.4, 0.5) is 0 Å². The summed E-state index contributed by atoms with van der Waals surface area (Å²) in [5.41, 5.74) is 0. The summed E-state index contributed by atoms with van der Waals surface area (Å²) in [4.78, 5) is 45.1. The minimum Gasteiger partial charge on any atom is -0.465 e. The van der Waals surface area contributed by atoms with Crippen molar-refractivity contribution in [2.45, 2.75) is 79.9 Å². The molecule has 5 atom stereocenters. The second-order valence-corrected chi connectivity index (χ2v) is 11.7. The molecule has 2 saturated heterocycles. The van der Waals surface area contributed by atoms with E-state index in [9.17, 15) is 19.5 Å². The van der Waals surface area contributed by atoms with Crippen molar-refractivity contribution in [3.05, 3.63) is 24.3 Å². The Morgan fingerprint density at radius 3 is 2.68 bits per heavy atom. The van der Waals surface area contributed by atoms with Gasteiger partial charge in [0.2, 0.25) is 11.8 Å². The van der Waals surface area contributed by atoms with E-state index in [1.807, 2.05) is 4.90 Å². The highest BCUT2D eigenvalue weighted by molar-refractivity contribution is 8.02. The van der Waals surface area contributed by atoms with Gasteiger partial charge in [0, 0.05) is 31.0 Å². The van der Waals surface area contributed by atoms with Crippen LogP contribution in [0.5, 0.6) is 0 Å². The Balaban J connectivity index is 1.55. The van der Waals surface area contributed by atoms with E-state index in [-0.39, 0.29) is 35.7 Å². The van der Waals surface area contributed by atoms with Gasteiger partial charge in [0.05, 0.1) is 23.2 Å². The zero-order valence-corrected chi connectivity index (χ0v) is 20.6. The van der Waals surface area contributed by atoms with Crippen molar-refractivity contribution < 1.29 is 24.2 Å². The lowest BCUT2D eigenvalue weighted by atomic mass is 9.78. The second kappa shape index (κ2) is 10.1. The van der Waals surface area contributed by atoms with E-state index in [4.69, 9.17) is 4.74 Å². The molecule has 1 saturated carbocycles. The number of carbonyl (C=O) groups excluding carboxylic acids is 3. The number of ether oxygens (including phenoxy) is 1. The van der Waals surface area contributed by atoms with Crippen molar-refractivity contribution in [2.75, 3.05) is 26.3 Å². The maximum Gasteiger partial charge on any atom is 0.311 e. The number of hydrogen-bond acceptors (Lipinski definition) is 6. The number of thioether (sulfide) groups is 1. The maximum absolute atomic E-state index is 14.2. The number of fused-ring (bicyclic) bond motifs is 2. The predicted octanol–water partition coefficient (Wildman–Crippen LogP) is 2.68. The summed E-state index contributed by atoms with van der Waals surface area (Å²) in [6.07, 6.45) is 16.9. The quantitative estimate of drug-likeness (QED) is 0.484. The Hall–Kier alpha value is -1.80. The normalized spacial score (nSPS) is 37.6. The van der Waals surface area contributed by atoms with Gasteiger partial charge in [0.1, 0.15) is 6.04 Å². The largest absolute Gasteiger partial charge is 0.465 e. The highest BCUT2D eigenvalue weighted by atomic mass is 32.2. The summed E-state index contributed by atoms with van der Waals surface area (Å²) in [6, 6.07) is -0.451. The van der Waals surface area contributed by atoms with Crippen molar-refractivity contribution in [3.8, 4) is 0 Å². The third-order valence-corrected chi connectivity index (χ3v) is 9.95. The number of nitrogens with zero attached hydrogens (tertiary/aromatic N) is 2. The maximum atomic E-state index is 14.2. The first-order chi connectivity index (χ1) is 16.6. The van der Waals surface area contributed by atoms with Gasteiger partial charge in [-0.3, -0.25) is 14.4 Å². The molecule has 0 aromatic heterocycles. The number of esters is 1. The standard InChI is InChI=1S/C26H36N2O5S/c29-16-9-15-28-22-24(31)27(18-10-4-3-5-11-18)14-8-13-26(22)21(23(28)30)20-19(34-26)12-6-1-2-7-17-33-25(20)32/h6,8,12-13,18-22,29H,1-5,7,9-11,14-17H2/b12-6-/t19-,20+,21+,22?,26+/m1/s1. The van der Waals surface area contributed by atoms with Crippen molar-refractivity contribution in [1.29, 1.82) is 0 Å². The molecule has 0 bridgehead atoms. The van der Waals surface area contributed by atoms with Gasteiger partial charge in [-0.15, -0.1) is 11.8 Å². The van der Waals surface area contributed by atoms with Crippen LogP contribution < -0.4 is 0 Å². The topological polar surface area (TPSA) is 87.2 Å². The average Bonchev–Trinajstić information content (AvgIpc) is 3.23. The molecule has 5 aliphatic rings. The molecule has 186 valence electrons. The zero-order valence-electron chi connectivity index (χ0n) is 19.8. The van der Waals surface area contributed by atoms with Crippen molar-refractivity contribution in [2.24, 2.45) is 11.8 Å². The average molecular weight is 489 g/mol. The molecule has 2 amide bonds. The van der Waals surface area contributed by atoms with E-state index in [0.29, 0.717) is 26.1 Å². The van der Waals surface area contributed by atoms with Gasteiger partial charge < -0.3 is 19.6 Å². The van der Waals surface area contributed by atoms with E-state index >= 15 is 0 Å². The molecule has 1 spiro atoms. The lowest BCUT2D eigenvalue weighted by molar-refractivity contribution is -0.153. The number of amides is 2. The Morgan fingerprint density at radius 1 is 1.06 bits per heavy atom. The molecule has 1 N–H and O–H groups in total. The smallest absolute Gasteiger partial charge is 0.311 e. The van der Waals surface area contributed by atoms with Crippen molar-refractivity contribution in [3.63, 3.8) is 0 Å². The number of cyclic esters (lactones) is 1. The highest BCUT2D eigenvalue weighted by Crippen LogP contribution is 2.60. The van der Waals surface area contributed by atoms with Crippen LogP contribution in [0.25, 0.3) is 0 Å². The summed E-state index contributed by atoms with van der Waals surface area (Å²) >= 11 is 1.60. The van der Waals surface area contributed by atoms with Gasteiger partial charge in [-0.25, -0.2) is 0 Å². The van der Waals surface area contributed by atoms with Crippen LogP contribution in [-0.2, 0) is 19.1 Å². The first-order valence-electron chi connectivity index (χ1n) is 13.0. The fraction of sp³-hybridized carbons (Fsp3) is 0.731. The van der Waals surface area contributed by atoms with Crippen LogP contribution in [0.15, 0.2) is 24.3 Å². The Labute approximate surface area is 205 Å². The first kappa shape index (κ1) is 23.9. The number of aliphatic hydroxyl groups excluding tert-OH is 1. The van der Waals surface area contributed by atoms with Crippen LogP contribution in [0.3, 0.4) is 0 Å². The molecule has 5 rings (SSSR count). The van der Waals surface area contributed by atoms with Gasteiger partial charge in [0.15, 0.2) is 0 Å². The van der Waals surface area contributed by atoms with Gasteiger partial charge in [-0.05, 0) is 38.5 Å². The fourth-order valence-electron chi connectivity index (χ4n) is 6.64. The third-order valence-electron chi connectivity index (χ3n) is 8.20. The number of carbonyl (C=O) groups is 3.